The molecule has 3 aliphatic heterocycles. The molecule has 13 aromatic rings. The smallest absolute Gasteiger partial charge is 0.252 e. The quantitative estimate of drug-likeness (QED) is 0.160. The van der Waals surface area contributed by atoms with Crippen molar-refractivity contribution in [2.75, 3.05) is 9.80 Å². The number of anilines is 6. The fraction of sp³-hybridized carbons (Fsp3) is 0.143. The molecule has 0 N–H and O–H groups in total. The Kier molecular flexibility index (Phi) is 12.3. The third-order valence-electron chi connectivity index (χ3n) is 19.0. The summed E-state index contributed by atoms with van der Waals surface area (Å²) in [4.78, 5) is 5.43. The van der Waals surface area contributed by atoms with Gasteiger partial charge in [-0.1, -0.05) is 256 Å². The van der Waals surface area contributed by atoms with Crippen molar-refractivity contribution in [1.29, 1.82) is 0 Å². The molecule has 5 heteroatoms. The molecule has 89 heavy (non-hydrogen) atoms. The van der Waals surface area contributed by atoms with Crippen molar-refractivity contribution in [3.8, 4) is 72.8 Å². The Bertz CT molecular complexity index is 4890. The van der Waals surface area contributed by atoms with Crippen molar-refractivity contribution < 1.29 is 4.74 Å². The molecule has 0 radical (unpaired) electrons. The Balaban J connectivity index is 1.14. The van der Waals surface area contributed by atoms with Gasteiger partial charge < -0.3 is 19.1 Å². The van der Waals surface area contributed by atoms with Crippen LogP contribution in [0.5, 0.6) is 11.5 Å². The van der Waals surface area contributed by atoms with Gasteiger partial charge in [0.2, 0.25) is 0 Å². The van der Waals surface area contributed by atoms with E-state index in [2.05, 4.69) is 338 Å². The maximum atomic E-state index is 7.37. The number of hydrogen-bond donors (Lipinski definition) is 0. The number of fused-ring (bicyclic) bond motifs is 13. The normalized spacial score (nSPS) is 13.2. The topological polar surface area (TPSA) is 20.6 Å². The second-order valence-corrected chi connectivity index (χ2v) is 27.7. The van der Waals surface area contributed by atoms with E-state index in [1.54, 1.807) is 0 Å². The van der Waals surface area contributed by atoms with E-state index >= 15 is 0 Å². The molecule has 3 aliphatic rings. The highest BCUT2D eigenvalue weighted by molar-refractivity contribution is 7.00. The first-order valence-electron chi connectivity index (χ1n) is 31.5. The molecule has 0 saturated heterocycles. The highest BCUT2D eigenvalue weighted by Gasteiger charge is 2.48. The van der Waals surface area contributed by atoms with Gasteiger partial charge >= 0.3 is 0 Å². The van der Waals surface area contributed by atoms with E-state index in [0.29, 0.717) is 0 Å². The lowest BCUT2D eigenvalue weighted by atomic mass is 9.33. The first kappa shape index (κ1) is 54.3. The maximum Gasteiger partial charge on any atom is 0.252 e. The monoisotopic (exact) mass is 1150 g/mol. The Morgan fingerprint density at radius 1 is 0.303 bits per heavy atom. The van der Waals surface area contributed by atoms with E-state index in [1.165, 1.54) is 66.0 Å². The highest BCUT2D eigenvalue weighted by atomic mass is 16.5. The Morgan fingerprint density at radius 2 is 0.730 bits per heavy atom. The summed E-state index contributed by atoms with van der Waals surface area (Å²) in [6, 6.07) is 98.1. The van der Waals surface area contributed by atoms with Gasteiger partial charge in [0.05, 0.1) is 22.4 Å². The minimum atomic E-state index is -0.302. The third kappa shape index (κ3) is 8.72. The Labute approximate surface area is 524 Å². The fourth-order valence-electron chi connectivity index (χ4n) is 14.5. The van der Waals surface area contributed by atoms with Crippen LogP contribution in [0.25, 0.3) is 83.1 Å². The van der Waals surface area contributed by atoms with Crippen molar-refractivity contribution in [2.45, 2.75) is 78.6 Å². The van der Waals surface area contributed by atoms with E-state index < -0.39 is 0 Å². The van der Waals surface area contributed by atoms with Gasteiger partial charge in [0.1, 0.15) is 11.5 Å². The van der Waals surface area contributed by atoms with Crippen LogP contribution in [-0.2, 0) is 16.2 Å². The van der Waals surface area contributed by atoms with Gasteiger partial charge in [-0.25, -0.2) is 0 Å². The van der Waals surface area contributed by atoms with Crippen LogP contribution in [0.1, 0.15) is 79.0 Å². The van der Waals surface area contributed by atoms with Crippen LogP contribution in [-0.4, -0.2) is 11.3 Å². The molecule has 12 aromatic carbocycles. The molecular formula is C84H70BN3O. The van der Waals surface area contributed by atoms with Gasteiger partial charge in [-0.15, -0.1) is 0 Å². The fourth-order valence-corrected chi connectivity index (χ4v) is 14.5. The zero-order chi connectivity index (χ0) is 60.7. The van der Waals surface area contributed by atoms with Crippen LogP contribution < -0.4 is 30.9 Å². The molecule has 16 rings (SSSR count). The SMILES string of the molecule is CC(C)(C)c1cc2c3c(c1)-c1ccccc1Oc1ccccc1-c1cccc(-c4ccccc4)c1N3c1cc(C(C)(C)C)cc3c1B2c1ccc(-n2c4ccccc4c4ccccc42)cc1N3c1c(-c2ccccc2)cc(C(C)(C)C)cc1-c1ccccc1. The molecule has 0 saturated carbocycles. The zero-order valence-electron chi connectivity index (χ0n) is 52.2. The second kappa shape index (κ2) is 20.2. The summed E-state index contributed by atoms with van der Waals surface area (Å²) in [5.74, 6) is 1.62. The first-order valence-corrected chi connectivity index (χ1v) is 31.5. The Morgan fingerprint density at radius 3 is 1.29 bits per heavy atom. The van der Waals surface area contributed by atoms with Crippen molar-refractivity contribution in [3.63, 3.8) is 0 Å². The predicted molar refractivity (Wildman–Crippen MR) is 378 cm³/mol. The second-order valence-electron chi connectivity index (χ2n) is 27.7. The van der Waals surface area contributed by atoms with Gasteiger partial charge in [-0.3, -0.25) is 0 Å². The lowest BCUT2D eigenvalue weighted by Gasteiger charge is -2.47. The van der Waals surface area contributed by atoms with Crippen molar-refractivity contribution in [2.24, 2.45) is 0 Å². The number of ether oxygens (including phenoxy) is 1. The molecule has 1 aromatic heterocycles. The molecule has 0 fully saturated rings. The van der Waals surface area contributed by atoms with Crippen molar-refractivity contribution in [1.82, 2.24) is 4.57 Å². The van der Waals surface area contributed by atoms with Crippen LogP contribution >= 0.6 is 0 Å². The van der Waals surface area contributed by atoms with Gasteiger partial charge in [-0.2, -0.15) is 0 Å². The predicted octanol–water partition coefficient (Wildman–Crippen LogP) is 21.2. The minimum absolute atomic E-state index is 0.174. The summed E-state index contributed by atoms with van der Waals surface area (Å²) in [6.07, 6.45) is 0. The van der Waals surface area contributed by atoms with Crippen molar-refractivity contribution in [3.05, 3.63) is 278 Å². The van der Waals surface area contributed by atoms with Gasteiger partial charge in [0.25, 0.3) is 6.71 Å². The van der Waals surface area contributed by atoms with Gasteiger partial charge in [-0.05, 0) is 133 Å². The molecular weight excluding hydrogens is 1080 g/mol. The van der Waals surface area contributed by atoms with E-state index in [4.69, 9.17) is 4.74 Å². The number of hydrogen-bond acceptors (Lipinski definition) is 3. The number of aromatic nitrogens is 1. The standard InChI is InChI=1S/C84H70BN3O/c1-82(2,3)56-46-66(54-30-15-11-16-31-54)80(67(47-56)55-32-17-12-18-33-55)87-73-52-59(86-71-40-23-19-34-61(71)62-35-20-24-41-72(62)86)44-45-69(73)85-70-49-57(83(4,5)6)48-68-64-37-22-26-43-77(64)89-76-42-25-21-36-63(76)65-39-27-38-60(53-28-13-10-14-29-53)79(65)88(81(68)70)75-51-58(84(7,8)9)50-74(87)78(75)85/h10-52H,1-9H3. The molecule has 0 aliphatic carbocycles. The average Bonchev–Trinajstić information content (AvgIpc) is 1.17. The molecule has 4 nitrogen and oxygen atoms in total. The number of rotatable bonds is 5. The zero-order valence-corrected chi connectivity index (χ0v) is 52.2. The summed E-state index contributed by atoms with van der Waals surface area (Å²) in [5, 5.41) is 2.47. The highest BCUT2D eigenvalue weighted by Crippen LogP contribution is 2.58. The van der Waals surface area contributed by atoms with Crippen LogP contribution in [0.2, 0.25) is 0 Å². The summed E-state index contributed by atoms with van der Waals surface area (Å²) in [6.45, 7) is 21.1. The molecule has 0 bridgehead atoms. The van der Waals surface area contributed by atoms with Gasteiger partial charge in [0.15, 0.2) is 0 Å². The largest absolute Gasteiger partial charge is 0.456 e. The number of benzene rings is 12. The summed E-state index contributed by atoms with van der Waals surface area (Å²) >= 11 is 0. The van der Waals surface area contributed by atoms with Crippen LogP contribution in [0.4, 0.5) is 34.1 Å². The minimum Gasteiger partial charge on any atom is -0.456 e. The molecule has 0 spiro atoms. The third-order valence-corrected chi connectivity index (χ3v) is 19.0. The van der Waals surface area contributed by atoms with Crippen LogP contribution in [0.15, 0.2) is 261 Å². The van der Waals surface area contributed by atoms with Crippen LogP contribution in [0, 0.1) is 0 Å². The molecule has 0 atom stereocenters. The molecule has 4 heterocycles. The van der Waals surface area contributed by atoms with E-state index in [1.807, 2.05) is 0 Å². The maximum absolute atomic E-state index is 7.37. The Hall–Kier alpha value is -10.1. The van der Waals surface area contributed by atoms with Gasteiger partial charge in [0, 0.05) is 78.2 Å². The number of para-hydroxylation sites is 5. The van der Waals surface area contributed by atoms with E-state index in [9.17, 15) is 0 Å². The molecule has 0 unspecified atom stereocenters. The van der Waals surface area contributed by atoms with E-state index in [-0.39, 0.29) is 23.0 Å². The lowest BCUT2D eigenvalue weighted by molar-refractivity contribution is 0.486. The summed E-state index contributed by atoms with van der Waals surface area (Å²) in [5.41, 5.74) is 28.4. The summed E-state index contributed by atoms with van der Waals surface area (Å²) in [7, 11) is 0. The molecule has 0 amide bonds. The van der Waals surface area contributed by atoms with Crippen LogP contribution in [0.3, 0.4) is 0 Å². The molecule has 430 valence electrons. The van der Waals surface area contributed by atoms with E-state index in [0.717, 1.165) is 95.8 Å². The van der Waals surface area contributed by atoms with Crippen molar-refractivity contribution >= 4 is 79.0 Å². The number of nitrogens with zero attached hydrogens (tertiary/aromatic N) is 3. The average molecular weight is 1150 g/mol. The first-order chi connectivity index (χ1) is 43.1. The lowest BCUT2D eigenvalue weighted by Crippen LogP contribution is -2.62. The summed E-state index contributed by atoms with van der Waals surface area (Å²) < 4.78 is 9.87.